The van der Waals surface area contributed by atoms with Gasteiger partial charge in [-0.15, -0.1) is 0 Å². The zero-order valence-corrected chi connectivity index (χ0v) is 12.7. The summed E-state index contributed by atoms with van der Waals surface area (Å²) in [5.74, 6) is 0.907. The summed E-state index contributed by atoms with van der Waals surface area (Å²) >= 11 is 0. The van der Waals surface area contributed by atoms with Crippen LogP contribution in [0.15, 0.2) is 30.3 Å². The molecule has 0 aromatic heterocycles. The highest BCUT2D eigenvalue weighted by Gasteiger charge is 2.27. The maximum absolute atomic E-state index is 12.0. The van der Waals surface area contributed by atoms with Crippen LogP contribution in [0.3, 0.4) is 0 Å². The monoisotopic (exact) mass is 286 g/mol. The van der Waals surface area contributed by atoms with Crippen LogP contribution in [0.5, 0.6) is 0 Å². The summed E-state index contributed by atoms with van der Waals surface area (Å²) in [6.07, 6.45) is 8.09. The highest BCUT2D eigenvalue weighted by atomic mass is 16.2. The van der Waals surface area contributed by atoms with Gasteiger partial charge in [0.25, 0.3) is 0 Å². The van der Waals surface area contributed by atoms with Gasteiger partial charge in [0.15, 0.2) is 0 Å². The summed E-state index contributed by atoms with van der Waals surface area (Å²) in [6, 6.07) is 11.4. The van der Waals surface area contributed by atoms with Gasteiger partial charge >= 0.3 is 0 Å². The van der Waals surface area contributed by atoms with Gasteiger partial charge in [-0.2, -0.15) is 0 Å². The van der Waals surface area contributed by atoms with Crippen LogP contribution in [0.4, 0.5) is 0 Å². The molecule has 1 saturated heterocycles. The van der Waals surface area contributed by atoms with E-state index in [1.165, 1.54) is 31.2 Å². The number of amides is 1. The molecule has 114 valence electrons. The second kappa shape index (κ2) is 7.08. The second-order valence-corrected chi connectivity index (χ2v) is 6.47. The van der Waals surface area contributed by atoms with Crippen molar-refractivity contribution in [3.05, 3.63) is 35.9 Å². The lowest BCUT2D eigenvalue weighted by Crippen LogP contribution is -2.48. The molecule has 1 aromatic rings. The van der Waals surface area contributed by atoms with Gasteiger partial charge in [0, 0.05) is 12.6 Å². The van der Waals surface area contributed by atoms with Crippen LogP contribution in [0.25, 0.3) is 0 Å². The van der Waals surface area contributed by atoms with E-state index in [9.17, 15) is 4.79 Å². The normalized spacial score (nSPS) is 30.5. The van der Waals surface area contributed by atoms with Gasteiger partial charge in [0.1, 0.15) is 0 Å². The molecular formula is C18H26N2O. The largest absolute Gasteiger partial charge is 0.355 e. The lowest BCUT2D eigenvalue weighted by Gasteiger charge is -2.31. The van der Waals surface area contributed by atoms with Gasteiger partial charge in [0.2, 0.25) is 5.91 Å². The summed E-state index contributed by atoms with van der Waals surface area (Å²) in [4.78, 5) is 12.0. The van der Waals surface area contributed by atoms with Crippen LogP contribution in [0.1, 0.15) is 56.4 Å². The Morgan fingerprint density at radius 1 is 0.952 bits per heavy atom. The van der Waals surface area contributed by atoms with Crippen molar-refractivity contribution < 1.29 is 4.79 Å². The summed E-state index contributed by atoms with van der Waals surface area (Å²) in [5, 5.41) is 6.62. The van der Waals surface area contributed by atoms with Crippen LogP contribution >= 0.6 is 0 Å². The van der Waals surface area contributed by atoms with Gasteiger partial charge in [0.05, 0.1) is 6.04 Å². The molecule has 0 radical (unpaired) electrons. The van der Waals surface area contributed by atoms with Gasteiger partial charge in [-0.25, -0.2) is 0 Å². The highest BCUT2D eigenvalue weighted by Crippen LogP contribution is 2.33. The van der Waals surface area contributed by atoms with Crippen LogP contribution in [0, 0.1) is 0 Å². The summed E-state index contributed by atoms with van der Waals surface area (Å²) in [7, 11) is 0. The molecule has 3 rings (SSSR count). The maximum Gasteiger partial charge on any atom is 0.237 e. The number of rotatable bonds is 3. The minimum absolute atomic E-state index is 0.0331. The van der Waals surface area contributed by atoms with E-state index in [0.717, 1.165) is 25.8 Å². The van der Waals surface area contributed by atoms with E-state index in [0.29, 0.717) is 12.0 Å². The lowest BCUT2D eigenvalue weighted by molar-refractivity contribution is -0.123. The molecular weight excluding hydrogens is 260 g/mol. The number of carbonyl (C=O) groups is 1. The molecule has 2 aliphatic rings. The summed E-state index contributed by atoms with van der Waals surface area (Å²) in [6.45, 7) is 0.845. The van der Waals surface area contributed by atoms with Gasteiger partial charge in [-0.3, -0.25) is 4.79 Å². The van der Waals surface area contributed by atoms with Crippen LogP contribution < -0.4 is 10.6 Å². The number of nitrogens with one attached hydrogen (secondary N) is 2. The number of hydrogen-bond donors (Lipinski definition) is 2. The molecule has 1 aliphatic carbocycles. The topological polar surface area (TPSA) is 41.1 Å². The van der Waals surface area contributed by atoms with Crippen LogP contribution in [0.2, 0.25) is 0 Å². The molecule has 1 atom stereocenters. The van der Waals surface area contributed by atoms with E-state index in [-0.39, 0.29) is 11.9 Å². The molecule has 0 spiro atoms. The van der Waals surface area contributed by atoms with Gasteiger partial charge in [-0.05, 0) is 56.4 Å². The molecule has 21 heavy (non-hydrogen) atoms. The zero-order chi connectivity index (χ0) is 14.5. The zero-order valence-electron chi connectivity index (χ0n) is 12.7. The molecule has 1 amide bonds. The van der Waals surface area contributed by atoms with Crippen molar-refractivity contribution in [2.45, 2.75) is 62.9 Å². The van der Waals surface area contributed by atoms with Crippen LogP contribution in [-0.2, 0) is 4.79 Å². The molecule has 2 fully saturated rings. The number of benzene rings is 1. The fraction of sp³-hybridized carbons (Fsp3) is 0.611. The molecule has 1 aliphatic heterocycles. The number of carbonyl (C=O) groups excluding carboxylic acids is 1. The fourth-order valence-corrected chi connectivity index (χ4v) is 3.70. The predicted molar refractivity (Wildman–Crippen MR) is 85.2 cm³/mol. The van der Waals surface area contributed by atoms with E-state index >= 15 is 0 Å². The molecule has 0 bridgehead atoms. The minimum atomic E-state index is 0.0331. The summed E-state index contributed by atoms with van der Waals surface area (Å²) < 4.78 is 0. The Morgan fingerprint density at radius 2 is 1.71 bits per heavy atom. The highest BCUT2D eigenvalue weighted by molar-refractivity contribution is 5.81. The first-order valence-corrected chi connectivity index (χ1v) is 8.41. The molecule has 2 N–H and O–H groups in total. The Balaban J connectivity index is 1.50. The smallest absolute Gasteiger partial charge is 0.237 e. The van der Waals surface area contributed by atoms with E-state index in [2.05, 4.69) is 41.0 Å². The van der Waals surface area contributed by atoms with Crippen molar-refractivity contribution in [3.8, 4) is 0 Å². The Bertz CT molecular complexity index is 452. The third-order valence-electron chi connectivity index (χ3n) is 4.97. The molecule has 1 heterocycles. The van der Waals surface area contributed by atoms with E-state index < -0.39 is 0 Å². The molecule has 0 unspecified atom stereocenters. The minimum Gasteiger partial charge on any atom is -0.355 e. The lowest BCUT2D eigenvalue weighted by atomic mass is 9.81. The van der Waals surface area contributed by atoms with Crippen molar-refractivity contribution in [2.24, 2.45) is 0 Å². The van der Waals surface area contributed by atoms with Crippen molar-refractivity contribution >= 4 is 5.91 Å². The molecule has 3 nitrogen and oxygen atoms in total. The fourth-order valence-electron chi connectivity index (χ4n) is 3.70. The van der Waals surface area contributed by atoms with E-state index in [4.69, 9.17) is 0 Å². The van der Waals surface area contributed by atoms with Gasteiger partial charge in [-0.1, -0.05) is 30.3 Å². The average molecular weight is 286 g/mol. The SMILES string of the molecule is O=C1NCCCC[C@@H]1NC1CCC(c2ccccc2)CC1. The second-order valence-electron chi connectivity index (χ2n) is 6.47. The van der Waals surface area contributed by atoms with Crippen molar-refractivity contribution in [1.29, 1.82) is 0 Å². The number of hydrogen-bond acceptors (Lipinski definition) is 2. The van der Waals surface area contributed by atoms with Crippen molar-refractivity contribution in [3.63, 3.8) is 0 Å². The quantitative estimate of drug-likeness (QED) is 0.897. The Hall–Kier alpha value is -1.35. The Labute approximate surface area is 127 Å². The first-order chi connectivity index (χ1) is 10.3. The summed E-state index contributed by atoms with van der Waals surface area (Å²) in [5.41, 5.74) is 1.48. The standard InChI is InChI=1S/C18H26N2O/c21-18-17(8-4-5-13-19-18)20-16-11-9-15(10-12-16)14-6-2-1-3-7-14/h1-3,6-7,15-17,20H,4-5,8-13H2,(H,19,21)/t15?,16?,17-/m0/s1. The third kappa shape index (κ3) is 3.85. The van der Waals surface area contributed by atoms with E-state index in [1.807, 2.05) is 0 Å². The molecule has 1 aromatic carbocycles. The Morgan fingerprint density at radius 3 is 2.48 bits per heavy atom. The third-order valence-corrected chi connectivity index (χ3v) is 4.97. The van der Waals surface area contributed by atoms with E-state index in [1.54, 1.807) is 0 Å². The maximum atomic E-state index is 12.0. The van der Waals surface area contributed by atoms with Crippen molar-refractivity contribution in [2.75, 3.05) is 6.54 Å². The molecule has 3 heteroatoms. The Kier molecular flexibility index (Phi) is 4.91. The first-order valence-electron chi connectivity index (χ1n) is 8.41. The first kappa shape index (κ1) is 14.6. The van der Waals surface area contributed by atoms with Crippen LogP contribution in [-0.4, -0.2) is 24.5 Å². The predicted octanol–water partition coefficient (Wildman–Crippen LogP) is 2.97. The van der Waals surface area contributed by atoms with Crippen molar-refractivity contribution in [1.82, 2.24) is 10.6 Å². The van der Waals surface area contributed by atoms with Gasteiger partial charge < -0.3 is 10.6 Å². The average Bonchev–Trinajstić information content (AvgIpc) is 2.74. The molecule has 1 saturated carbocycles.